The van der Waals surface area contributed by atoms with Gasteiger partial charge in [-0.15, -0.1) is 0 Å². The highest BCUT2D eigenvalue weighted by atomic mass is 19.1. The highest BCUT2D eigenvalue weighted by Gasteiger charge is 2.25. The largest absolute Gasteiger partial charge is 0.494 e. The summed E-state index contributed by atoms with van der Waals surface area (Å²) in [4.78, 5) is 15.5. The normalized spacial score (nSPS) is 15.8. The number of aromatic nitrogens is 1. The fourth-order valence-corrected chi connectivity index (χ4v) is 4.58. The molecule has 0 bridgehead atoms. The first-order valence-corrected chi connectivity index (χ1v) is 11.1. The summed E-state index contributed by atoms with van der Waals surface area (Å²) < 4.78 is 35.7. The van der Waals surface area contributed by atoms with Crippen molar-refractivity contribution in [2.24, 2.45) is 18.7 Å². The van der Waals surface area contributed by atoms with Gasteiger partial charge in [0.25, 0.3) is 5.56 Å². The molecule has 34 heavy (non-hydrogen) atoms. The molecule has 1 unspecified atom stereocenters. The summed E-state index contributed by atoms with van der Waals surface area (Å²) >= 11 is 0. The lowest BCUT2D eigenvalue weighted by atomic mass is 9.95. The quantitative estimate of drug-likeness (QED) is 0.616. The first kappa shape index (κ1) is 23.5. The van der Waals surface area contributed by atoms with Crippen molar-refractivity contribution < 1.29 is 13.5 Å². The van der Waals surface area contributed by atoms with Crippen LogP contribution in [0, 0.1) is 28.9 Å². The molecule has 1 fully saturated rings. The molecule has 0 amide bonds. The lowest BCUT2D eigenvalue weighted by Gasteiger charge is -2.34. The van der Waals surface area contributed by atoms with Gasteiger partial charge in [-0.25, -0.2) is 8.78 Å². The number of anilines is 1. The molecule has 2 N–H and O–H groups in total. The standard InChI is InChI=1S/C26H26F2N4O2/c1-31-25(18-7-8-24(34-2)22(28)11-18)20(17-5-6-19(14-30)21(27)10-17)12-23(26(31)33)32-9-3-4-16(13-29)15-32/h5-8,10-12,16H,3-4,9,13,15,29H2,1-2H3. The van der Waals surface area contributed by atoms with Gasteiger partial charge in [0.1, 0.15) is 17.6 Å². The molecule has 0 aliphatic carbocycles. The third-order valence-electron chi connectivity index (χ3n) is 6.41. The molecule has 3 aromatic rings. The van der Waals surface area contributed by atoms with E-state index in [1.807, 2.05) is 11.0 Å². The van der Waals surface area contributed by atoms with Gasteiger partial charge in [0, 0.05) is 31.3 Å². The Kier molecular flexibility index (Phi) is 6.66. The Morgan fingerprint density at radius 3 is 2.53 bits per heavy atom. The van der Waals surface area contributed by atoms with Crippen molar-refractivity contribution in [3.05, 3.63) is 70.0 Å². The number of methoxy groups -OCH3 is 1. The fraction of sp³-hybridized carbons (Fsp3) is 0.308. The van der Waals surface area contributed by atoms with Crippen LogP contribution in [0.4, 0.5) is 14.5 Å². The number of hydrogen-bond donors (Lipinski definition) is 1. The summed E-state index contributed by atoms with van der Waals surface area (Å²) in [6.45, 7) is 1.90. The predicted octanol–water partition coefficient (Wildman–Crippen LogP) is 4.05. The van der Waals surface area contributed by atoms with Crippen LogP contribution in [0.15, 0.2) is 47.3 Å². The Morgan fingerprint density at radius 2 is 1.88 bits per heavy atom. The van der Waals surface area contributed by atoms with Crippen LogP contribution in [0.3, 0.4) is 0 Å². The first-order valence-electron chi connectivity index (χ1n) is 11.1. The molecule has 2 aromatic carbocycles. The number of piperidine rings is 1. The van der Waals surface area contributed by atoms with Crippen LogP contribution < -0.4 is 20.9 Å². The van der Waals surface area contributed by atoms with Gasteiger partial charge >= 0.3 is 0 Å². The summed E-state index contributed by atoms with van der Waals surface area (Å²) in [5.74, 6) is -0.874. The molecule has 1 saturated heterocycles. The number of halogens is 2. The van der Waals surface area contributed by atoms with Crippen LogP contribution in [0.25, 0.3) is 22.4 Å². The van der Waals surface area contributed by atoms with E-state index in [-0.39, 0.29) is 22.8 Å². The van der Waals surface area contributed by atoms with Crippen molar-refractivity contribution in [3.8, 4) is 34.2 Å². The number of nitrogens with zero attached hydrogens (tertiary/aromatic N) is 3. The third kappa shape index (κ3) is 4.27. The van der Waals surface area contributed by atoms with E-state index in [1.165, 1.54) is 35.9 Å². The molecule has 6 nitrogen and oxygen atoms in total. The van der Waals surface area contributed by atoms with Crippen LogP contribution in [-0.4, -0.2) is 31.3 Å². The van der Waals surface area contributed by atoms with Gasteiger partial charge in [0.2, 0.25) is 0 Å². The van der Waals surface area contributed by atoms with Crippen molar-refractivity contribution in [2.45, 2.75) is 12.8 Å². The van der Waals surface area contributed by atoms with Gasteiger partial charge < -0.3 is 19.9 Å². The molecule has 176 valence electrons. The maximum absolute atomic E-state index is 14.6. The molecule has 1 aromatic heterocycles. The summed E-state index contributed by atoms with van der Waals surface area (Å²) in [6.07, 6.45) is 1.92. The molecule has 2 heterocycles. The smallest absolute Gasteiger partial charge is 0.274 e. The lowest BCUT2D eigenvalue weighted by Crippen LogP contribution is -2.41. The summed E-state index contributed by atoms with van der Waals surface area (Å²) in [7, 11) is 3.00. The maximum atomic E-state index is 14.6. The van der Waals surface area contributed by atoms with Crippen molar-refractivity contribution in [1.29, 1.82) is 5.26 Å². The van der Waals surface area contributed by atoms with Crippen molar-refractivity contribution in [1.82, 2.24) is 4.57 Å². The van der Waals surface area contributed by atoms with Crippen LogP contribution in [-0.2, 0) is 7.05 Å². The summed E-state index contributed by atoms with van der Waals surface area (Å²) in [5.41, 5.74) is 7.98. The SMILES string of the molecule is COc1ccc(-c2c(-c3ccc(C#N)c(F)c3)cc(N3CCCC(CN)C3)c(=O)n2C)cc1F. The van der Waals surface area contributed by atoms with Crippen LogP contribution in [0.1, 0.15) is 18.4 Å². The Hall–Kier alpha value is -3.70. The van der Waals surface area contributed by atoms with Crippen LogP contribution in [0.5, 0.6) is 5.75 Å². The molecule has 0 saturated carbocycles. The predicted molar refractivity (Wildman–Crippen MR) is 128 cm³/mol. The second-order valence-electron chi connectivity index (χ2n) is 8.50. The highest BCUT2D eigenvalue weighted by molar-refractivity contribution is 5.84. The average Bonchev–Trinajstić information content (AvgIpc) is 2.85. The molecule has 1 atom stereocenters. The number of benzene rings is 2. The van der Waals surface area contributed by atoms with E-state index in [0.29, 0.717) is 47.7 Å². The van der Waals surface area contributed by atoms with E-state index in [2.05, 4.69) is 0 Å². The van der Waals surface area contributed by atoms with E-state index in [9.17, 15) is 13.6 Å². The van der Waals surface area contributed by atoms with Gasteiger partial charge in [0.05, 0.1) is 18.4 Å². The molecule has 1 aliphatic rings. The zero-order valence-corrected chi connectivity index (χ0v) is 19.1. The molecule has 0 spiro atoms. The summed E-state index contributed by atoms with van der Waals surface area (Å²) in [5, 5.41) is 9.13. The Balaban J connectivity index is 1.96. The second kappa shape index (κ2) is 9.65. The van der Waals surface area contributed by atoms with Gasteiger partial charge in [-0.3, -0.25) is 4.79 Å². The van der Waals surface area contributed by atoms with E-state index >= 15 is 0 Å². The Bertz CT molecular complexity index is 1330. The molecule has 8 heteroatoms. The van der Waals surface area contributed by atoms with Gasteiger partial charge in [0.15, 0.2) is 11.6 Å². The van der Waals surface area contributed by atoms with Gasteiger partial charge in [-0.2, -0.15) is 5.26 Å². The minimum absolute atomic E-state index is 0.0762. The third-order valence-corrected chi connectivity index (χ3v) is 6.41. The van der Waals surface area contributed by atoms with Crippen LogP contribution >= 0.6 is 0 Å². The Labute approximate surface area is 196 Å². The fourth-order valence-electron chi connectivity index (χ4n) is 4.58. The van der Waals surface area contributed by atoms with Crippen molar-refractivity contribution in [2.75, 3.05) is 31.6 Å². The first-order chi connectivity index (χ1) is 16.4. The molecule has 1 aliphatic heterocycles. The van der Waals surface area contributed by atoms with E-state index in [0.717, 1.165) is 12.8 Å². The second-order valence-corrected chi connectivity index (χ2v) is 8.50. The molecule has 4 rings (SSSR count). The number of nitriles is 1. The van der Waals surface area contributed by atoms with E-state index < -0.39 is 11.6 Å². The molecular weight excluding hydrogens is 438 g/mol. The van der Waals surface area contributed by atoms with Crippen molar-refractivity contribution >= 4 is 5.69 Å². The van der Waals surface area contributed by atoms with Crippen molar-refractivity contribution in [3.63, 3.8) is 0 Å². The van der Waals surface area contributed by atoms with Gasteiger partial charge in [-0.05, 0) is 67.3 Å². The van der Waals surface area contributed by atoms with E-state index in [4.69, 9.17) is 15.7 Å². The lowest BCUT2D eigenvalue weighted by molar-refractivity contribution is 0.386. The zero-order valence-electron chi connectivity index (χ0n) is 19.1. The summed E-state index contributed by atoms with van der Waals surface area (Å²) in [6, 6.07) is 12.3. The molecule has 0 radical (unpaired) electrons. The topological polar surface area (TPSA) is 84.3 Å². The number of rotatable bonds is 5. The maximum Gasteiger partial charge on any atom is 0.274 e. The number of pyridine rings is 1. The monoisotopic (exact) mass is 464 g/mol. The number of hydrogen-bond acceptors (Lipinski definition) is 5. The minimum Gasteiger partial charge on any atom is -0.494 e. The van der Waals surface area contributed by atoms with E-state index in [1.54, 1.807) is 25.2 Å². The van der Waals surface area contributed by atoms with Crippen LogP contribution in [0.2, 0.25) is 0 Å². The highest BCUT2D eigenvalue weighted by Crippen LogP contribution is 2.36. The average molecular weight is 465 g/mol. The Morgan fingerprint density at radius 1 is 1.15 bits per heavy atom. The minimum atomic E-state index is -0.663. The zero-order chi connectivity index (χ0) is 24.4. The number of nitrogens with two attached hydrogens (primary N) is 1. The molecular formula is C26H26F2N4O2. The number of ether oxygens (including phenoxy) is 1. The van der Waals surface area contributed by atoms with Gasteiger partial charge in [-0.1, -0.05) is 6.07 Å².